The Kier molecular flexibility index (Phi) is 12.4. The van der Waals surface area contributed by atoms with Crippen molar-refractivity contribution in [2.45, 2.75) is 107 Å². The van der Waals surface area contributed by atoms with Crippen molar-refractivity contribution >= 4 is 55.1 Å². The molecule has 0 radical (unpaired) electrons. The monoisotopic (exact) mass is 828 g/mol. The van der Waals surface area contributed by atoms with Gasteiger partial charge in [0.25, 0.3) is 0 Å². The van der Waals surface area contributed by atoms with Crippen LogP contribution in [0.4, 0.5) is 10.1 Å². The second-order valence-corrected chi connectivity index (χ2v) is 17.7. The Morgan fingerprint density at radius 3 is 2.28 bits per heavy atom. The van der Waals surface area contributed by atoms with Crippen LogP contribution in [0.2, 0.25) is 2.97 Å². The van der Waals surface area contributed by atoms with E-state index in [0.29, 0.717) is 68.5 Å². The molecule has 2 heterocycles. The summed E-state index contributed by atoms with van der Waals surface area (Å²) in [6.45, 7) is 11.6. The van der Waals surface area contributed by atoms with E-state index in [2.05, 4.69) is 34.9 Å². The normalized spacial score (nSPS) is 22.4. The van der Waals surface area contributed by atoms with E-state index in [4.69, 9.17) is 0 Å². The zero-order valence-electron chi connectivity index (χ0n) is 27.8. The van der Waals surface area contributed by atoms with Crippen molar-refractivity contribution in [3.05, 3.63) is 47.5 Å². The van der Waals surface area contributed by atoms with Crippen molar-refractivity contribution in [1.29, 1.82) is 0 Å². The summed E-state index contributed by atoms with van der Waals surface area (Å²) >= 11 is 0.404. The summed E-state index contributed by atoms with van der Waals surface area (Å²) in [6, 6.07) is 4.48. The number of nitrogens with one attached hydrogen (secondary N) is 3. The van der Waals surface area contributed by atoms with Gasteiger partial charge in [-0.25, -0.2) is 0 Å². The second-order valence-electron chi connectivity index (χ2n) is 13.3. The fourth-order valence-electron chi connectivity index (χ4n) is 6.46. The van der Waals surface area contributed by atoms with E-state index in [1.807, 2.05) is 6.92 Å². The van der Waals surface area contributed by atoms with Crippen LogP contribution in [0.3, 0.4) is 0 Å². The number of carbonyl (C=O) groups excluding carboxylic acids is 4. The average Bonchev–Trinajstić information content (AvgIpc) is 3.53. The molecule has 0 unspecified atom stereocenters. The molecule has 4 amide bonds. The minimum atomic E-state index is -0.837. The van der Waals surface area contributed by atoms with E-state index >= 15 is 4.39 Å². The van der Waals surface area contributed by atoms with E-state index in [9.17, 15) is 19.2 Å². The molecule has 0 spiro atoms. The first kappa shape index (κ1) is 36.0. The number of amides is 4. The van der Waals surface area contributed by atoms with Crippen LogP contribution in [-0.4, -0.2) is 89.2 Å². The van der Waals surface area contributed by atoms with E-state index < -0.39 is 29.7 Å². The molecule has 46 heavy (non-hydrogen) atoms. The van der Waals surface area contributed by atoms with Gasteiger partial charge in [0.1, 0.15) is 0 Å². The van der Waals surface area contributed by atoms with E-state index in [-0.39, 0.29) is 32.8 Å². The molecule has 12 heteroatoms. The van der Waals surface area contributed by atoms with Gasteiger partial charge in [-0.3, -0.25) is 4.79 Å². The zero-order valence-corrected chi connectivity index (χ0v) is 32.3. The van der Waals surface area contributed by atoms with Gasteiger partial charge in [-0.1, -0.05) is 13.8 Å². The molecule has 2 aliphatic rings. The predicted octanol–water partition coefficient (Wildman–Crippen LogP) is 4.57. The molecule has 1 saturated heterocycles. The second kappa shape index (κ2) is 15.8. The summed E-state index contributed by atoms with van der Waals surface area (Å²) in [4.78, 5) is 55.1. The molecule has 1 aromatic heterocycles. The van der Waals surface area contributed by atoms with Gasteiger partial charge in [-0.15, -0.1) is 0 Å². The Morgan fingerprint density at radius 1 is 1.02 bits per heavy atom. The number of hydrogen-bond donors (Lipinski definition) is 3. The molecule has 248 valence electrons. The first-order valence-corrected chi connectivity index (χ1v) is 18.9. The van der Waals surface area contributed by atoms with E-state index in [1.54, 1.807) is 41.8 Å². The SMILES string of the molecule is CCC(=O)N[C@@H](C(=O)N1CCC(C)CC1)[C@@H](C)c1ccc(NC(=O)[C@@H](NC(=O)c2ccnn2CC)[C]2([Tl])CCC(C)CC2)c(F)c1. The summed E-state index contributed by atoms with van der Waals surface area (Å²) < 4.78 is 16.9. The van der Waals surface area contributed by atoms with Gasteiger partial charge in [0.15, 0.2) is 0 Å². The molecule has 4 rings (SSSR count). The Labute approximate surface area is 287 Å². The standard InChI is InChI=1S/C34H48FN6O4.Tl/c1-6-29(42)38-30(34(45)40-18-15-22(4)16-19-40)23(5)25-12-13-27(26(35)20-25)37-33(44)31(24-10-8-21(3)9-11-24)39-32(43)28-14-17-36-41(28)7-2;/h12-14,17,20-23,30-31H,6-11,15-16,18-19H2,1-5H3,(H,37,44)(H,38,42)(H,39,43);/t23-,30+,31-;/m0./s1. The summed E-state index contributed by atoms with van der Waals surface area (Å²) in [6.07, 6.45) is 7.17. The third-order valence-electron chi connectivity index (χ3n) is 9.84. The van der Waals surface area contributed by atoms with Crippen LogP contribution < -0.4 is 16.0 Å². The Morgan fingerprint density at radius 2 is 1.67 bits per heavy atom. The van der Waals surface area contributed by atoms with Crippen LogP contribution in [0.5, 0.6) is 0 Å². The van der Waals surface area contributed by atoms with Crippen molar-refractivity contribution in [2.75, 3.05) is 18.4 Å². The maximum absolute atomic E-state index is 15.7. The quantitative estimate of drug-likeness (QED) is 0.287. The third-order valence-corrected chi connectivity index (χ3v) is 13.4. The molecular formula is C34H48FN6O4Tl. The van der Waals surface area contributed by atoms with E-state index in [1.165, 1.54) is 12.1 Å². The number of aryl methyl sites for hydroxylation is 1. The van der Waals surface area contributed by atoms with E-state index in [0.717, 1.165) is 38.5 Å². The van der Waals surface area contributed by atoms with Crippen LogP contribution in [0.25, 0.3) is 0 Å². The molecule has 3 N–H and O–H groups in total. The molecule has 2 aromatic rings. The van der Waals surface area contributed by atoms with Gasteiger partial charge in [0, 0.05) is 19.5 Å². The van der Waals surface area contributed by atoms with Gasteiger partial charge in [0.2, 0.25) is 0 Å². The number of halogens is 1. The van der Waals surface area contributed by atoms with Crippen LogP contribution in [0.15, 0.2) is 30.5 Å². The summed E-state index contributed by atoms with van der Waals surface area (Å²) in [7, 11) is 0. The molecule has 2 fully saturated rings. The van der Waals surface area contributed by atoms with Gasteiger partial charge < -0.3 is 0 Å². The molecule has 10 nitrogen and oxygen atoms in total. The third kappa shape index (κ3) is 8.54. The number of piperidine rings is 1. The van der Waals surface area contributed by atoms with Crippen molar-refractivity contribution in [3.8, 4) is 0 Å². The summed E-state index contributed by atoms with van der Waals surface area (Å²) in [5.41, 5.74) is 0.915. The molecule has 3 atom stereocenters. The van der Waals surface area contributed by atoms with Crippen LogP contribution in [-0.2, 0) is 20.9 Å². The van der Waals surface area contributed by atoms with Crippen LogP contribution >= 0.6 is 0 Å². The van der Waals surface area contributed by atoms with Gasteiger partial charge in [-0.2, -0.15) is 0 Å². The Hall–Kier alpha value is -2.84. The predicted molar refractivity (Wildman–Crippen MR) is 176 cm³/mol. The zero-order chi connectivity index (χ0) is 33.6. The van der Waals surface area contributed by atoms with Crippen LogP contribution in [0, 0.1) is 17.7 Å². The van der Waals surface area contributed by atoms with Crippen molar-refractivity contribution in [3.63, 3.8) is 0 Å². The summed E-state index contributed by atoms with van der Waals surface area (Å²) in [5, 5.41) is 12.8. The van der Waals surface area contributed by atoms with Gasteiger partial charge >= 0.3 is 232 Å². The maximum atomic E-state index is 15.7. The average molecular weight is 828 g/mol. The minimum absolute atomic E-state index is 0.00191. The fraction of sp³-hybridized carbons (Fsp3) is 0.618. The first-order valence-electron chi connectivity index (χ1n) is 16.7. The Balaban J connectivity index is 1.55. The topological polar surface area (TPSA) is 125 Å². The number of likely N-dealkylation sites (tertiary alicyclic amines) is 1. The number of benzene rings is 1. The summed E-state index contributed by atoms with van der Waals surface area (Å²) in [5.74, 6) is -1.29. The molecule has 1 saturated carbocycles. The molecule has 1 aliphatic heterocycles. The number of aromatic nitrogens is 2. The Bertz CT molecular complexity index is 1400. The number of anilines is 1. The van der Waals surface area contributed by atoms with Crippen molar-refractivity contribution < 1.29 is 23.6 Å². The molecule has 1 aromatic carbocycles. The molecule has 1 aliphatic carbocycles. The van der Waals surface area contributed by atoms with Crippen LogP contribution in [0.1, 0.15) is 102 Å². The number of nitrogens with zero attached hydrogens (tertiary/aromatic N) is 3. The molecular weight excluding hydrogens is 780 g/mol. The van der Waals surface area contributed by atoms with Crippen molar-refractivity contribution in [2.24, 2.45) is 11.8 Å². The van der Waals surface area contributed by atoms with Crippen molar-refractivity contribution in [1.82, 2.24) is 25.3 Å². The first-order chi connectivity index (χ1) is 21.9. The fourth-order valence-corrected chi connectivity index (χ4v) is 8.66. The number of hydrogen-bond acceptors (Lipinski definition) is 5. The van der Waals surface area contributed by atoms with Gasteiger partial charge in [0.05, 0.1) is 0 Å². The number of rotatable bonds is 11. The number of carbonyl (C=O) groups is 4. The molecule has 0 bridgehead atoms. The van der Waals surface area contributed by atoms with Gasteiger partial charge in [-0.05, 0) is 18.8 Å².